The van der Waals surface area contributed by atoms with Crippen LogP contribution in [0.25, 0.3) is 0 Å². The normalized spacial score (nSPS) is 13.6. The predicted molar refractivity (Wildman–Crippen MR) is 157 cm³/mol. The number of nitrogens with one attached hydrogen (secondary N) is 1. The van der Waals surface area contributed by atoms with Crippen molar-refractivity contribution in [2.24, 2.45) is 0 Å². The molecule has 0 aliphatic heterocycles. The number of carbonyl (C=O) groups is 4. The Kier molecular flexibility index (Phi) is 11.2. The number of carboxylic acid groups (broad SMARTS) is 1. The number of benzene rings is 2. The molecule has 0 atom stereocenters. The number of alkyl carbamates (subject to hydrolysis) is 1. The number of para-hydroxylation sites is 1. The van der Waals surface area contributed by atoms with Gasteiger partial charge < -0.3 is 35.3 Å². The van der Waals surface area contributed by atoms with Gasteiger partial charge in [0.2, 0.25) is 5.78 Å². The molecule has 228 valence electrons. The number of amides is 2. The molecule has 0 saturated heterocycles. The molecule has 0 unspecified atom stereocenters. The van der Waals surface area contributed by atoms with Crippen molar-refractivity contribution in [3.8, 4) is 11.5 Å². The number of nitrogen functional groups attached to an aromatic ring is 1. The Hall–Kier alpha value is -4.28. The third-order valence-electron chi connectivity index (χ3n) is 6.83. The summed E-state index contributed by atoms with van der Waals surface area (Å²) in [5.74, 6) is -1.96. The molecule has 2 aromatic rings. The summed E-state index contributed by atoms with van der Waals surface area (Å²) in [6.07, 6.45) is 4.94. The Morgan fingerprint density at radius 2 is 1.64 bits per heavy atom. The molecule has 0 spiro atoms. The zero-order valence-corrected chi connectivity index (χ0v) is 24.7. The van der Waals surface area contributed by atoms with Gasteiger partial charge in [-0.25, -0.2) is 9.59 Å². The minimum atomic E-state index is -1.26. The van der Waals surface area contributed by atoms with Crippen molar-refractivity contribution in [1.82, 2.24) is 10.2 Å². The van der Waals surface area contributed by atoms with Gasteiger partial charge in [0.05, 0.1) is 29.0 Å². The molecular formula is C31H41N3O8. The highest BCUT2D eigenvalue weighted by atomic mass is 16.6. The lowest BCUT2D eigenvalue weighted by Gasteiger charge is -2.31. The van der Waals surface area contributed by atoms with Gasteiger partial charge in [-0.1, -0.05) is 31.4 Å². The maximum atomic E-state index is 13.7. The minimum Gasteiger partial charge on any atom is -0.493 e. The van der Waals surface area contributed by atoms with Crippen LogP contribution in [0.15, 0.2) is 36.4 Å². The Morgan fingerprint density at radius 1 is 0.976 bits per heavy atom. The molecule has 4 N–H and O–H groups in total. The predicted octanol–water partition coefficient (Wildman–Crippen LogP) is 4.66. The van der Waals surface area contributed by atoms with Crippen LogP contribution in [0.5, 0.6) is 11.5 Å². The van der Waals surface area contributed by atoms with E-state index in [4.69, 9.17) is 19.9 Å². The molecule has 2 aromatic carbocycles. The number of ketones is 1. The first-order chi connectivity index (χ1) is 19.9. The summed E-state index contributed by atoms with van der Waals surface area (Å²) in [4.78, 5) is 51.9. The van der Waals surface area contributed by atoms with Crippen LogP contribution in [0.3, 0.4) is 0 Å². The largest absolute Gasteiger partial charge is 0.493 e. The fraction of sp³-hybridized carbons (Fsp3) is 0.484. The van der Waals surface area contributed by atoms with Crippen LogP contribution in [0.2, 0.25) is 0 Å². The number of hydrogen-bond donors (Lipinski definition) is 3. The van der Waals surface area contributed by atoms with E-state index in [0.717, 1.165) is 32.1 Å². The maximum absolute atomic E-state index is 13.7. The zero-order chi connectivity index (χ0) is 30.9. The average molecular weight is 584 g/mol. The van der Waals surface area contributed by atoms with Gasteiger partial charge in [0.25, 0.3) is 5.91 Å². The molecule has 0 heterocycles. The fourth-order valence-electron chi connectivity index (χ4n) is 4.76. The first-order valence-corrected chi connectivity index (χ1v) is 14.2. The molecule has 11 heteroatoms. The van der Waals surface area contributed by atoms with Gasteiger partial charge in [0.15, 0.2) is 12.4 Å². The standard InChI is InChI=1S/C31H41N3O8/c1-31(2,3)42-30(39)33-17-10-18-40-24-14-9-8-13-21(24)27(37)23-16-15-22(26(32)28(23)41-19-25(35)36)29(38)34(4)20-11-6-5-7-12-20/h8-9,13-16,20H,5-7,10-12,17-19,32H2,1-4H3,(H,33,39)(H,35,36). The summed E-state index contributed by atoms with van der Waals surface area (Å²) >= 11 is 0. The van der Waals surface area contributed by atoms with Gasteiger partial charge in [-0.15, -0.1) is 0 Å². The number of aliphatic carboxylic acids is 1. The van der Waals surface area contributed by atoms with Crippen LogP contribution < -0.4 is 20.5 Å². The molecule has 0 radical (unpaired) electrons. The van der Waals surface area contributed by atoms with Crippen molar-refractivity contribution < 1.29 is 38.5 Å². The highest BCUT2D eigenvalue weighted by Crippen LogP contribution is 2.35. The van der Waals surface area contributed by atoms with E-state index in [0.29, 0.717) is 18.7 Å². The van der Waals surface area contributed by atoms with E-state index in [1.807, 2.05) is 0 Å². The smallest absolute Gasteiger partial charge is 0.407 e. The van der Waals surface area contributed by atoms with Crippen molar-refractivity contribution >= 4 is 29.4 Å². The summed E-state index contributed by atoms with van der Waals surface area (Å²) in [6.45, 7) is 5.08. The Balaban J connectivity index is 1.79. The molecule has 1 saturated carbocycles. The Morgan fingerprint density at radius 3 is 2.31 bits per heavy atom. The lowest BCUT2D eigenvalue weighted by Crippen LogP contribution is -2.38. The lowest BCUT2D eigenvalue weighted by atomic mass is 9.93. The monoisotopic (exact) mass is 583 g/mol. The Bertz CT molecular complexity index is 1280. The van der Waals surface area contributed by atoms with E-state index in [9.17, 15) is 24.3 Å². The molecule has 1 aliphatic carbocycles. The molecule has 0 bridgehead atoms. The lowest BCUT2D eigenvalue weighted by molar-refractivity contribution is -0.139. The summed E-state index contributed by atoms with van der Waals surface area (Å²) in [5.41, 5.74) is 6.03. The molecular weight excluding hydrogens is 542 g/mol. The summed E-state index contributed by atoms with van der Waals surface area (Å²) in [6, 6.07) is 9.57. The van der Waals surface area contributed by atoms with Crippen LogP contribution in [0.4, 0.5) is 10.5 Å². The van der Waals surface area contributed by atoms with Crippen molar-refractivity contribution in [3.63, 3.8) is 0 Å². The van der Waals surface area contributed by atoms with Crippen molar-refractivity contribution in [1.29, 1.82) is 0 Å². The van der Waals surface area contributed by atoms with Crippen LogP contribution in [-0.4, -0.2) is 72.2 Å². The van der Waals surface area contributed by atoms with Gasteiger partial charge >= 0.3 is 12.1 Å². The molecule has 11 nitrogen and oxygen atoms in total. The maximum Gasteiger partial charge on any atom is 0.407 e. The zero-order valence-electron chi connectivity index (χ0n) is 24.7. The minimum absolute atomic E-state index is 0.00765. The fourth-order valence-corrected chi connectivity index (χ4v) is 4.76. The summed E-state index contributed by atoms with van der Waals surface area (Å²) < 4.78 is 16.5. The molecule has 42 heavy (non-hydrogen) atoms. The van der Waals surface area contributed by atoms with E-state index in [1.54, 1.807) is 57.0 Å². The van der Waals surface area contributed by atoms with Gasteiger partial charge in [0.1, 0.15) is 11.4 Å². The molecule has 2 amide bonds. The van der Waals surface area contributed by atoms with E-state index >= 15 is 0 Å². The Labute approximate surface area is 246 Å². The first kappa shape index (κ1) is 32.2. The van der Waals surface area contributed by atoms with E-state index in [2.05, 4.69) is 5.32 Å². The SMILES string of the molecule is CN(C(=O)c1ccc(C(=O)c2ccccc2OCCCNC(=O)OC(C)(C)C)c(OCC(=O)O)c1N)C1CCCCC1. The highest BCUT2D eigenvalue weighted by molar-refractivity contribution is 6.14. The van der Waals surface area contributed by atoms with E-state index in [-0.39, 0.29) is 46.7 Å². The van der Waals surface area contributed by atoms with Crippen molar-refractivity contribution in [2.75, 3.05) is 32.5 Å². The van der Waals surface area contributed by atoms with Crippen LogP contribution in [0, 0.1) is 0 Å². The topological polar surface area (TPSA) is 157 Å². The number of carbonyl (C=O) groups excluding carboxylic acids is 3. The third-order valence-corrected chi connectivity index (χ3v) is 6.83. The number of anilines is 1. The van der Waals surface area contributed by atoms with Gasteiger partial charge in [0, 0.05) is 19.6 Å². The second-order valence-electron chi connectivity index (χ2n) is 11.2. The first-order valence-electron chi connectivity index (χ1n) is 14.2. The van der Waals surface area contributed by atoms with Gasteiger partial charge in [-0.3, -0.25) is 9.59 Å². The summed E-state index contributed by atoms with van der Waals surface area (Å²) in [7, 11) is 1.73. The highest BCUT2D eigenvalue weighted by Gasteiger charge is 2.28. The molecule has 3 rings (SSSR count). The van der Waals surface area contributed by atoms with E-state index in [1.165, 1.54) is 12.1 Å². The number of nitrogens with zero attached hydrogens (tertiary/aromatic N) is 1. The van der Waals surface area contributed by atoms with Gasteiger partial charge in [-0.05, 0) is 64.3 Å². The quantitative estimate of drug-likeness (QED) is 0.184. The van der Waals surface area contributed by atoms with E-state index < -0.39 is 30.1 Å². The number of hydrogen-bond acceptors (Lipinski definition) is 8. The number of ether oxygens (including phenoxy) is 3. The molecule has 1 fully saturated rings. The average Bonchev–Trinajstić information content (AvgIpc) is 2.94. The molecule has 0 aromatic heterocycles. The van der Waals surface area contributed by atoms with Gasteiger partial charge in [-0.2, -0.15) is 0 Å². The second kappa shape index (κ2) is 14.6. The summed E-state index contributed by atoms with van der Waals surface area (Å²) in [5, 5.41) is 11.9. The van der Waals surface area contributed by atoms with Crippen molar-refractivity contribution in [2.45, 2.75) is 70.9 Å². The molecule has 1 aliphatic rings. The second-order valence-corrected chi connectivity index (χ2v) is 11.2. The van der Waals surface area contributed by atoms with Crippen LogP contribution >= 0.6 is 0 Å². The number of rotatable bonds is 12. The third kappa shape index (κ3) is 8.86. The number of nitrogens with two attached hydrogens (primary N) is 1. The van der Waals surface area contributed by atoms with Crippen LogP contribution in [0.1, 0.15) is 85.6 Å². The number of carboxylic acids is 1. The van der Waals surface area contributed by atoms with Crippen molar-refractivity contribution in [3.05, 3.63) is 53.1 Å². The van der Waals surface area contributed by atoms with Crippen LogP contribution in [-0.2, 0) is 9.53 Å².